The number of aryl methyl sites for hydroxylation is 1. The molecule has 0 spiro atoms. The molecule has 4 heteroatoms. The first-order chi connectivity index (χ1) is 8.20. The predicted octanol–water partition coefficient (Wildman–Crippen LogP) is 1.95. The summed E-state index contributed by atoms with van der Waals surface area (Å²) in [5.41, 5.74) is 3.26. The predicted molar refractivity (Wildman–Crippen MR) is 72.3 cm³/mol. The van der Waals surface area contributed by atoms with E-state index in [4.69, 9.17) is 0 Å². The maximum atomic E-state index is 12.4. The van der Waals surface area contributed by atoms with Crippen molar-refractivity contribution < 1.29 is 0 Å². The van der Waals surface area contributed by atoms with Crippen LogP contribution in [0.3, 0.4) is 0 Å². The van der Waals surface area contributed by atoms with Crippen LogP contribution < -0.4 is 10.7 Å². The minimum Gasteiger partial charge on any atom is -0.345 e. The highest BCUT2D eigenvalue weighted by Gasteiger charge is 2.18. The monoisotopic (exact) mass is 292 g/mol. The minimum absolute atomic E-state index is 0.191. The average Bonchev–Trinajstić information content (AvgIpc) is 2.36. The minimum atomic E-state index is 0.191. The van der Waals surface area contributed by atoms with Crippen molar-refractivity contribution in [3.63, 3.8) is 0 Å². The van der Waals surface area contributed by atoms with E-state index in [0.717, 1.165) is 46.1 Å². The van der Waals surface area contributed by atoms with Gasteiger partial charge in [0.15, 0.2) is 5.43 Å². The van der Waals surface area contributed by atoms with E-state index >= 15 is 0 Å². The lowest BCUT2D eigenvalue weighted by Gasteiger charge is -2.22. The number of benzene rings is 1. The first-order valence-corrected chi connectivity index (χ1v) is 6.49. The zero-order valence-electron chi connectivity index (χ0n) is 9.59. The van der Waals surface area contributed by atoms with Crippen LogP contribution in [-0.4, -0.2) is 11.1 Å². The number of nitrogens with zero attached hydrogens (tertiary/aromatic N) is 1. The van der Waals surface area contributed by atoms with Crippen LogP contribution in [0.4, 0.5) is 0 Å². The van der Waals surface area contributed by atoms with Gasteiger partial charge in [0, 0.05) is 34.7 Å². The number of hydrogen-bond donors (Lipinski definition) is 1. The van der Waals surface area contributed by atoms with E-state index in [1.165, 1.54) is 0 Å². The van der Waals surface area contributed by atoms with Crippen molar-refractivity contribution >= 4 is 26.8 Å². The Kier molecular flexibility index (Phi) is 2.56. The van der Waals surface area contributed by atoms with Crippen molar-refractivity contribution in [2.24, 2.45) is 7.05 Å². The number of rotatable bonds is 0. The SMILES string of the molecule is Cn1c2c(c(=O)c3cccc(Br)c31)CCNC2. The Labute approximate surface area is 108 Å². The van der Waals surface area contributed by atoms with Gasteiger partial charge in [-0.2, -0.15) is 0 Å². The van der Waals surface area contributed by atoms with Gasteiger partial charge in [0.25, 0.3) is 0 Å². The molecule has 1 aromatic heterocycles. The van der Waals surface area contributed by atoms with Crippen LogP contribution >= 0.6 is 15.9 Å². The van der Waals surface area contributed by atoms with Gasteiger partial charge >= 0.3 is 0 Å². The van der Waals surface area contributed by atoms with E-state index in [2.05, 4.69) is 25.8 Å². The number of hydrogen-bond acceptors (Lipinski definition) is 2. The van der Waals surface area contributed by atoms with Crippen LogP contribution in [0, 0.1) is 0 Å². The molecule has 1 N–H and O–H groups in total. The van der Waals surface area contributed by atoms with Crippen LogP contribution in [0.5, 0.6) is 0 Å². The molecule has 0 atom stereocenters. The van der Waals surface area contributed by atoms with Crippen LogP contribution in [0.2, 0.25) is 0 Å². The molecule has 2 heterocycles. The number of fused-ring (bicyclic) bond motifs is 2. The fourth-order valence-electron chi connectivity index (χ4n) is 2.57. The molecule has 0 aliphatic carbocycles. The lowest BCUT2D eigenvalue weighted by Crippen LogP contribution is -2.32. The standard InChI is InChI=1S/C13H13BrN2O/c1-16-11-7-15-6-5-8(11)13(17)9-3-2-4-10(14)12(9)16/h2-4,15H,5-7H2,1H3. The molecule has 0 saturated heterocycles. The summed E-state index contributed by atoms with van der Waals surface area (Å²) in [5, 5.41) is 4.13. The summed E-state index contributed by atoms with van der Waals surface area (Å²) in [6.45, 7) is 1.67. The average molecular weight is 293 g/mol. The largest absolute Gasteiger partial charge is 0.345 e. The lowest BCUT2D eigenvalue weighted by atomic mass is 10.0. The maximum Gasteiger partial charge on any atom is 0.192 e. The summed E-state index contributed by atoms with van der Waals surface area (Å²) in [6.07, 6.45) is 0.824. The van der Waals surface area contributed by atoms with E-state index in [-0.39, 0.29) is 5.43 Å². The first-order valence-electron chi connectivity index (χ1n) is 5.70. The lowest BCUT2D eigenvalue weighted by molar-refractivity contribution is 0.601. The number of nitrogens with one attached hydrogen (secondary N) is 1. The van der Waals surface area contributed by atoms with Gasteiger partial charge < -0.3 is 9.88 Å². The second-order valence-corrected chi connectivity index (χ2v) is 5.23. The smallest absolute Gasteiger partial charge is 0.192 e. The van der Waals surface area contributed by atoms with Crippen LogP contribution in [0.1, 0.15) is 11.3 Å². The number of halogens is 1. The van der Waals surface area contributed by atoms with E-state index in [1.54, 1.807) is 0 Å². The van der Waals surface area contributed by atoms with Crippen LogP contribution in [-0.2, 0) is 20.0 Å². The summed E-state index contributed by atoms with van der Waals surface area (Å²) in [6, 6.07) is 5.80. The molecule has 0 amide bonds. The third-order valence-electron chi connectivity index (χ3n) is 3.44. The molecule has 0 unspecified atom stereocenters. The van der Waals surface area contributed by atoms with Crippen LogP contribution in [0.25, 0.3) is 10.9 Å². The van der Waals surface area contributed by atoms with Crippen molar-refractivity contribution in [2.45, 2.75) is 13.0 Å². The van der Waals surface area contributed by atoms with E-state index in [9.17, 15) is 4.79 Å². The molecule has 0 bridgehead atoms. The zero-order chi connectivity index (χ0) is 12.0. The molecule has 0 fully saturated rings. The van der Waals surface area contributed by atoms with Crippen molar-refractivity contribution in [1.82, 2.24) is 9.88 Å². The van der Waals surface area contributed by atoms with Crippen molar-refractivity contribution in [2.75, 3.05) is 6.54 Å². The van der Waals surface area contributed by atoms with Gasteiger partial charge in [-0.15, -0.1) is 0 Å². The Morgan fingerprint density at radius 3 is 3.06 bits per heavy atom. The fourth-order valence-corrected chi connectivity index (χ4v) is 3.21. The van der Waals surface area contributed by atoms with E-state index in [1.807, 2.05) is 25.2 Å². The summed E-state index contributed by atoms with van der Waals surface area (Å²) in [7, 11) is 2.03. The van der Waals surface area contributed by atoms with Gasteiger partial charge in [-0.05, 0) is 41.0 Å². The topological polar surface area (TPSA) is 34.0 Å². The Morgan fingerprint density at radius 2 is 2.24 bits per heavy atom. The maximum absolute atomic E-state index is 12.4. The molecule has 17 heavy (non-hydrogen) atoms. The molecular weight excluding hydrogens is 280 g/mol. The number of pyridine rings is 1. The summed E-state index contributed by atoms with van der Waals surface area (Å²) in [5.74, 6) is 0. The van der Waals surface area contributed by atoms with E-state index < -0.39 is 0 Å². The zero-order valence-corrected chi connectivity index (χ0v) is 11.2. The number of aromatic nitrogens is 1. The molecule has 2 aromatic rings. The quantitative estimate of drug-likeness (QED) is 0.805. The second kappa shape index (κ2) is 3.96. The Hall–Kier alpha value is -1.13. The van der Waals surface area contributed by atoms with Gasteiger partial charge in [-0.1, -0.05) is 6.07 Å². The van der Waals surface area contributed by atoms with Gasteiger partial charge in [0.05, 0.1) is 5.52 Å². The summed E-state index contributed by atoms with van der Waals surface area (Å²) < 4.78 is 3.10. The highest BCUT2D eigenvalue weighted by molar-refractivity contribution is 9.10. The van der Waals surface area contributed by atoms with Gasteiger partial charge in [0.1, 0.15) is 0 Å². The third kappa shape index (κ3) is 1.55. The molecular formula is C13H13BrN2O. The molecule has 1 aliphatic rings. The third-order valence-corrected chi connectivity index (χ3v) is 4.08. The Balaban J connectivity index is 2.52. The highest BCUT2D eigenvalue weighted by atomic mass is 79.9. The number of para-hydroxylation sites is 1. The normalized spacial score (nSPS) is 14.9. The Morgan fingerprint density at radius 1 is 1.41 bits per heavy atom. The van der Waals surface area contributed by atoms with Crippen molar-refractivity contribution in [3.05, 3.63) is 44.2 Å². The van der Waals surface area contributed by atoms with Crippen molar-refractivity contribution in [3.8, 4) is 0 Å². The second-order valence-electron chi connectivity index (χ2n) is 4.38. The summed E-state index contributed by atoms with van der Waals surface area (Å²) >= 11 is 3.53. The Bertz CT molecular complexity index is 660. The van der Waals surface area contributed by atoms with Gasteiger partial charge in [-0.25, -0.2) is 0 Å². The molecule has 1 aliphatic heterocycles. The van der Waals surface area contributed by atoms with E-state index in [0.29, 0.717) is 0 Å². The molecule has 3 rings (SSSR count). The molecule has 1 aromatic carbocycles. The fraction of sp³-hybridized carbons (Fsp3) is 0.308. The van der Waals surface area contributed by atoms with Crippen LogP contribution in [0.15, 0.2) is 27.5 Å². The van der Waals surface area contributed by atoms with Crippen molar-refractivity contribution in [1.29, 1.82) is 0 Å². The van der Waals surface area contributed by atoms with Gasteiger partial charge in [-0.3, -0.25) is 4.79 Å². The van der Waals surface area contributed by atoms with Gasteiger partial charge in [0.2, 0.25) is 0 Å². The molecule has 0 saturated carbocycles. The first kappa shape index (κ1) is 11.0. The highest BCUT2D eigenvalue weighted by Crippen LogP contribution is 2.24. The molecule has 88 valence electrons. The molecule has 0 radical (unpaired) electrons. The molecule has 3 nitrogen and oxygen atoms in total. The summed E-state index contributed by atoms with van der Waals surface area (Å²) in [4.78, 5) is 12.4.